The molecular formula is C25H25F3N8O2. The number of nitrogens with zero attached hydrogens (tertiary/aromatic N) is 6. The fourth-order valence-corrected chi connectivity index (χ4v) is 4.29. The van der Waals surface area contributed by atoms with E-state index in [4.69, 9.17) is 4.74 Å². The van der Waals surface area contributed by atoms with Crippen LogP contribution in [0.15, 0.2) is 48.8 Å². The molecule has 0 atom stereocenters. The van der Waals surface area contributed by atoms with E-state index in [1.165, 1.54) is 12.0 Å². The number of fused-ring (bicyclic) bond motifs is 1. The SMILES string of the molecule is COc1nccc(-c2ccc3nc(Nc4cc(CN5CCN(C(=O)CC(F)(F)F)CC5)ccn4)[nH]c3c2)n1. The minimum Gasteiger partial charge on any atom is -0.467 e. The normalized spacial score (nSPS) is 14.6. The van der Waals surface area contributed by atoms with Gasteiger partial charge in [0, 0.05) is 50.7 Å². The summed E-state index contributed by atoms with van der Waals surface area (Å²) in [6.45, 7) is 2.13. The third-order valence-electron chi connectivity index (χ3n) is 6.15. The van der Waals surface area contributed by atoms with Gasteiger partial charge in [0.1, 0.15) is 12.2 Å². The number of pyridine rings is 1. The van der Waals surface area contributed by atoms with Crippen LogP contribution in [0, 0.1) is 0 Å². The van der Waals surface area contributed by atoms with Crippen molar-refractivity contribution in [3.63, 3.8) is 0 Å². The third-order valence-corrected chi connectivity index (χ3v) is 6.15. The van der Waals surface area contributed by atoms with Crippen molar-refractivity contribution < 1.29 is 22.7 Å². The van der Waals surface area contributed by atoms with E-state index in [0.717, 1.165) is 27.9 Å². The molecule has 1 amide bonds. The lowest BCUT2D eigenvalue weighted by Crippen LogP contribution is -2.49. The second kappa shape index (κ2) is 10.6. The van der Waals surface area contributed by atoms with E-state index < -0.39 is 18.5 Å². The van der Waals surface area contributed by atoms with Crippen molar-refractivity contribution in [3.8, 4) is 17.3 Å². The summed E-state index contributed by atoms with van der Waals surface area (Å²) in [6.07, 6.45) is -2.58. The van der Waals surface area contributed by atoms with Gasteiger partial charge >= 0.3 is 12.2 Å². The minimum absolute atomic E-state index is 0.272. The number of aromatic amines is 1. The first kappa shape index (κ1) is 25.4. The molecule has 1 aromatic carbocycles. The van der Waals surface area contributed by atoms with Gasteiger partial charge in [-0.3, -0.25) is 9.69 Å². The lowest BCUT2D eigenvalue weighted by molar-refractivity contribution is -0.162. The van der Waals surface area contributed by atoms with Gasteiger partial charge in [0.25, 0.3) is 0 Å². The number of piperazine rings is 1. The monoisotopic (exact) mass is 526 g/mol. The van der Waals surface area contributed by atoms with Gasteiger partial charge in [0.2, 0.25) is 11.9 Å². The van der Waals surface area contributed by atoms with Crippen LogP contribution in [-0.4, -0.2) is 80.1 Å². The van der Waals surface area contributed by atoms with E-state index in [2.05, 4.69) is 35.1 Å². The van der Waals surface area contributed by atoms with Gasteiger partial charge in [-0.15, -0.1) is 0 Å². The number of anilines is 2. The number of methoxy groups -OCH3 is 1. The number of carbonyl (C=O) groups is 1. The van der Waals surface area contributed by atoms with Crippen LogP contribution in [-0.2, 0) is 11.3 Å². The number of imidazole rings is 1. The van der Waals surface area contributed by atoms with Gasteiger partial charge in [-0.25, -0.2) is 15.0 Å². The molecule has 1 aliphatic rings. The van der Waals surface area contributed by atoms with E-state index in [9.17, 15) is 18.0 Å². The molecule has 0 radical (unpaired) electrons. The van der Waals surface area contributed by atoms with Crippen LogP contribution in [0.5, 0.6) is 6.01 Å². The van der Waals surface area contributed by atoms with E-state index in [1.54, 1.807) is 18.5 Å². The molecular weight excluding hydrogens is 501 g/mol. The molecule has 3 aromatic heterocycles. The van der Waals surface area contributed by atoms with Crippen molar-refractivity contribution in [1.29, 1.82) is 0 Å². The van der Waals surface area contributed by atoms with Crippen molar-refractivity contribution in [3.05, 3.63) is 54.4 Å². The molecule has 4 aromatic rings. The van der Waals surface area contributed by atoms with Crippen LogP contribution >= 0.6 is 0 Å². The Labute approximate surface area is 215 Å². The van der Waals surface area contributed by atoms with Gasteiger partial charge in [-0.2, -0.15) is 18.2 Å². The van der Waals surface area contributed by atoms with Crippen molar-refractivity contribution in [2.24, 2.45) is 0 Å². The minimum atomic E-state index is -4.48. The van der Waals surface area contributed by atoms with Crippen LogP contribution in [0.3, 0.4) is 0 Å². The molecule has 10 nitrogen and oxygen atoms in total. The fraction of sp³-hybridized carbons (Fsp3) is 0.320. The Hall–Kier alpha value is -4.26. The van der Waals surface area contributed by atoms with E-state index >= 15 is 0 Å². The zero-order valence-electron chi connectivity index (χ0n) is 20.5. The number of amides is 1. The number of alkyl halides is 3. The highest BCUT2D eigenvalue weighted by atomic mass is 19.4. The van der Waals surface area contributed by atoms with E-state index in [0.29, 0.717) is 31.4 Å². The molecule has 1 saturated heterocycles. The molecule has 0 bridgehead atoms. The second-order valence-corrected chi connectivity index (χ2v) is 8.87. The Morgan fingerprint density at radius 1 is 1.05 bits per heavy atom. The molecule has 198 valence electrons. The predicted molar refractivity (Wildman–Crippen MR) is 134 cm³/mol. The Morgan fingerprint density at radius 2 is 1.84 bits per heavy atom. The third kappa shape index (κ3) is 6.17. The smallest absolute Gasteiger partial charge is 0.397 e. The van der Waals surface area contributed by atoms with Gasteiger partial charge in [0.05, 0.1) is 23.8 Å². The Bertz CT molecular complexity index is 1430. The lowest BCUT2D eigenvalue weighted by atomic mass is 10.1. The van der Waals surface area contributed by atoms with Crippen LogP contribution in [0.2, 0.25) is 0 Å². The Morgan fingerprint density at radius 3 is 2.61 bits per heavy atom. The molecule has 1 fully saturated rings. The second-order valence-electron chi connectivity index (χ2n) is 8.87. The van der Waals surface area contributed by atoms with Crippen molar-refractivity contribution >= 4 is 28.7 Å². The summed E-state index contributed by atoms with van der Waals surface area (Å²) in [5.74, 6) is 0.252. The molecule has 0 unspecified atom stereocenters. The summed E-state index contributed by atoms with van der Waals surface area (Å²) < 4.78 is 42.6. The zero-order chi connectivity index (χ0) is 26.7. The molecule has 4 heterocycles. The Balaban J connectivity index is 1.21. The van der Waals surface area contributed by atoms with Crippen molar-refractivity contribution in [2.75, 3.05) is 38.6 Å². The van der Waals surface area contributed by atoms with E-state index in [-0.39, 0.29) is 19.1 Å². The number of halogens is 3. The zero-order valence-corrected chi connectivity index (χ0v) is 20.5. The number of aromatic nitrogens is 5. The Kier molecular flexibility index (Phi) is 7.09. The largest absolute Gasteiger partial charge is 0.467 e. The quantitative estimate of drug-likeness (QED) is 0.375. The average Bonchev–Trinajstić information content (AvgIpc) is 3.30. The van der Waals surface area contributed by atoms with Gasteiger partial charge in [0.15, 0.2) is 0 Å². The number of carbonyl (C=O) groups excluding carboxylic acids is 1. The van der Waals surface area contributed by atoms with Crippen LogP contribution in [0.1, 0.15) is 12.0 Å². The van der Waals surface area contributed by atoms with Gasteiger partial charge < -0.3 is 19.9 Å². The van der Waals surface area contributed by atoms with Crippen molar-refractivity contribution in [2.45, 2.75) is 19.1 Å². The number of benzene rings is 1. The first-order valence-corrected chi connectivity index (χ1v) is 11.9. The summed E-state index contributed by atoms with van der Waals surface area (Å²) >= 11 is 0. The highest BCUT2D eigenvalue weighted by Crippen LogP contribution is 2.25. The van der Waals surface area contributed by atoms with E-state index in [1.807, 2.05) is 30.3 Å². The predicted octanol–water partition coefficient (Wildman–Crippen LogP) is 3.76. The maximum Gasteiger partial charge on any atom is 0.397 e. The van der Waals surface area contributed by atoms with Crippen LogP contribution < -0.4 is 10.1 Å². The van der Waals surface area contributed by atoms with Crippen molar-refractivity contribution in [1.82, 2.24) is 34.7 Å². The topological polar surface area (TPSA) is 112 Å². The first-order chi connectivity index (χ1) is 18.3. The average molecular weight is 527 g/mol. The fourth-order valence-electron chi connectivity index (χ4n) is 4.29. The summed E-state index contributed by atoms with van der Waals surface area (Å²) in [5.41, 5.74) is 4.17. The maximum atomic E-state index is 12.5. The molecule has 0 saturated carbocycles. The number of H-pyrrole nitrogens is 1. The molecule has 2 N–H and O–H groups in total. The molecule has 0 spiro atoms. The number of hydrogen-bond acceptors (Lipinski definition) is 8. The summed E-state index contributed by atoms with van der Waals surface area (Å²) in [5, 5.41) is 3.19. The molecule has 5 rings (SSSR count). The number of hydrogen-bond donors (Lipinski definition) is 2. The molecule has 0 aliphatic carbocycles. The highest BCUT2D eigenvalue weighted by molar-refractivity contribution is 5.83. The van der Waals surface area contributed by atoms with Gasteiger partial charge in [-0.05, 0) is 35.9 Å². The summed E-state index contributed by atoms with van der Waals surface area (Å²) in [7, 11) is 1.52. The number of nitrogens with one attached hydrogen (secondary N) is 2. The molecule has 38 heavy (non-hydrogen) atoms. The summed E-state index contributed by atoms with van der Waals surface area (Å²) in [4.78, 5) is 35.8. The molecule has 1 aliphatic heterocycles. The summed E-state index contributed by atoms with van der Waals surface area (Å²) in [6, 6.07) is 11.6. The van der Waals surface area contributed by atoms with Crippen LogP contribution in [0.4, 0.5) is 24.9 Å². The number of rotatable bonds is 7. The standard InChI is InChI=1S/C25H25F3N8O2/c1-38-24-30-7-5-18(33-24)17-2-3-19-20(13-17)32-23(31-19)34-21-12-16(4-6-29-21)15-35-8-10-36(11-9-35)22(37)14-25(26,27)28/h2-7,12-13H,8-11,14-15H2,1H3,(H2,29,31,32,34). The first-order valence-electron chi connectivity index (χ1n) is 11.9. The van der Waals surface area contributed by atoms with Crippen LogP contribution in [0.25, 0.3) is 22.3 Å². The number of ether oxygens (including phenoxy) is 1. The molecule has 13 heteroatoms. The van der Waals surface area contributed by atoms with Gasteiger partial charge in [-0.1, -0.05) is 6.07 Å². The lowest BCUT2D eigenvalue weighted by Gasteiger charge is -2.35. The maximum absolute atomic E-state index is 12.5. The highest BCUT2D eigenvalue weighted by Gasteiger charge is 2.34.